The summed E-state index contributed by atoms with van der Waals surface area (Å²) >= 11 is 0. The van der Waals surface area contributed by atoms with E-state index < -0.39 is 0 Å². The Kier molecular flexibility index (Phi) is 6.53. The van der Waals surface area contributed by atoms with Gasteiger partial charge in [0.25, 0.3) is 0 Å². The summed E-state index contributed by atoms with van der Waals surface area (Å²) in [5.74, 6) is 0. The molecule has 0 aliphatic rings. The molecule has 2 nitrogen and oxygen atoms in total. The molecule has 0 spiro atoms. The highest BCUT2D eigenvalue weighted by Gasteiger charge is 2.19. The van der Waals surface area contributed by atoms with E-state index in [0.29, 0.717) is 0 Å². The van der Waals surface area contributed by atoms with Crippen molar-refractivity contribution in [1.82, 2.24) is 0 Å². The zero-order valence-corrected chi connectivity index (χ0v) is 27.3. The Morgan fingerprint density at radius 1 is 0.320 bits per heavy atom. The molecule has 0 bridgehead atoms. The van der Waals surface area contributed by atoms with Crippen LogP contribution in [0.15, 0.2) is 192 Å². The first-order valence-electron chi connectivity index (χ1n) is 17.1. The van der Waals surface area contributed by atoms with Gasteiger partial charge in [0.15, 0.2) is 0 Å². The molecule has 234 valence electrons. The SMILES string of the molecule is c1ccc(-c2ccccc2N(c2ccc(-c3cccc4c3oc3c5ccccc5ccc43)cc2)c2ccc3ccc4ccccc4c3c2)cc1. The number of hydrogen-bond acceptors (Lipinski definition) is 2. The van der Waals surface area contributed by atoms with E-state index in [9.17, 15) is 0 Å². The van der Waals surface area contributed by atoms with Gasteiger partial charge in [-0.15, -0.1) is 0 Å². The molecular formula is C48H31NO. The molecule has 1 heterocycles. The molecule has 0 unspecified atom stereocenters. The predicted molar refractivity (Wildman–Crippen MR) is 212 cm³/mol. The lowest BCUT2D eigenvalue weighted by Crippen LogP contribution is -2.11. The number of fused-ring (bicyclic) bond motifs is 8. The van der Waals surface area contributed by atoms with E-state index in [0.717, 1.165) is 55.5 Å². The van der Waals surface area contributed by atoms with E-state index in [4.69, 9.17) is 4.42 Å². The maximum Gasteiger partial charge on any atom is 0.143 e. The second-order valence-corrected chi connectivity index (χ2v) is 12.9. The van der Waals surface area contributed by atoms with Gasteiger partial charge in [-0.05, 0) is 74.5 Å². The molecule has 50 heavy (non-hydrogen) atoms. The summed E-state index contributed by atoms with van der Waals surface area (Å²) in [6, 6.07) is 67.5. The third-order valence-corrected chi connectivity index (χ3v) is 10.0. The smallest absolute Gasteiger partial charge is 0.143 e. The highest BCUT2D eigenvalue weighted by molar-refractivity contribution is 6.17. The van der Waals surface area contributed by atoms with Gasteiger partial charge in [0.05, 0.1) is 5.69 Å². The number of anilines is 3. The molecule has 0 aliphatic carbocycles. The van der Waals surface area contributed by atoms with Crippen LogP contribution >= 0.6 is 0 Å². The average molecular weight is 638 g/mol. The maximum absolute atomic E-state index is 6.70. The second-order valence-electron chi connectivity index (χ2n) is 12.9. The Balaban J connectivity index is 1.15. The maximum atomic E-state index is 6.70. The fraction of sp³-hybridized carbons (Fsp3) is 0. The van der Waals surface area contributed by atoms with Gasteiger partial charge in [-0.2, -0.15) is 0 Å². The third-order valence-electron chi connectivity index (χ3n) is 10.0. The number of hydrogen-bond donors (Lipinski definition) is 0. The van der Waals surface area contributed by atoms with Crippen molar-refractivity contribution in [3.05, 3.63) is 188 Å². The second kappa shape index (κ2) is 11.5. The van der Waals surface area contributed by atoms with E-state index in [1.807, 2.05) is 0 Å². The topological polar surface area (TPSA) is 16.4 Å². The normalized spacial score (nSPS) is 11.6. The van der Waals surface area contributed by atoms with E-state index in [-0.39, 0.29) is 0 Å². The first-order chi connectivity index (χ1) is 24.8. The van der Waals surface area contributed by atoms with E-state index in [2.05, 4.69) is 193 Å². The summed E-state index contributed by atoms with van der Waals surface area (Å²) in [7, 11) is 0. The molecule has 10 rings (SSSR count). The van der Waals surface area contributed by atoms with E-state index in [1.54, 1.807) is 0 Å². The van der Waals surface area contributed by atoms with Gasteiger partial charge in [-0.25, -0.2) is 0 Å². The molecule has 0 amide bonds. The molecule has 0 atom stereocenters. The lowest BCUT2D eigenvalue weighted by molar-refractivity contribution is 0.674. The summed E-state index contributed by atoms with van der Waals surface area (Å²) in [6.07, 6.45) is 0. The molecule has 1 aromatic heterocycles. The third kappa shape index (κ3) is 4.57. The van der Waals surface area contributed by atoms with Crippen LogP contribution in [0.2, 0.25) is 0 Å². The molecule has 0 saturated carbocycles. The number of para-hydroxylation sites is 2. The van der Waals surface area contributed by atoms with Crippen molar-refractivity contribution >= 4 is 71.3 Å². The Bertz CT molecular complexity index is 2870. The summed E-state index contributed by atoms with van der Waals surface area (Å²) < 4.78 is 6.70. The fourth-order valence-electron chi connectivity index (χ4n) is 7.63. The van der Waals surface area contributed by atoms with Crippen molar-refractivity contribution < 1.29 is 4.42 Å². The zero-order valence-electron chi connectivity index (χ0n) is 27.3. The minimum atomic E-state index is 0.916. The summed E-state index contributed by atoms with van der Waals surface area (Å²) in [6.45, 7) is 0. The molecule has 10 aromatic rings. The van der Waals surface area contributed by atoms with Gasteiger partial charge >= 0.3 is 0 Å². The molecule has 9 aromatic carbocycles. The fourth-order valence-corrected chi connectivity index (χ4v) is 7.63. The molecule has 0 radical (unpaired) electrons. The molecule has 2 heteroatoms. The van der Waals surface area contributed by atoms with Gasteiger partial charge in [-0.3, -0.25) is 0 Å². The summed E-state index contributed by atoms with van der Waals surface area (Å²) in [5, 5.41) is 9.56. The Labute approximate surface area is 290 Å². The van der Waals surface area contributed by atoms with Crippen LogP contribution in [0, 0.1) is 0 Å². The number of rotatable bonds is 5. The zero-order chi connectivity index (χ0) is 33.0. The monoisotopic (exact) mass is 637 g/mol. The number of benzene rings is 9. The van der Waals surface area contributed by atoms with Gasteiger partial charge in [0.2, 0.25) is 0 Å². The van der Waals surface area contributed by atoms with Gasteiger partial charge in [0, 0.05) is 38.7 Å². The lowest BCUT2D eigenvalue weighted by atomic mass is 9.98. The quantitative estimate of drug-likeness (QED) is 0.175. The molecule has 0 saturated heterocycles. The van der Waals surface area contributed by atoms with E-state index in [1.165, 1.54) is 38.1 Å². The lowest BCUT2D eigenvalue weighted by Gasteiger charge is -2.28. The van der Waals surface area contributed by atoms with Crippen LogP contribution in [-0.2, 0) is 0 Å². The van der Waals surface area contributed by atoms with Crippen LogP contribution in [0.3, 0.4) is 0 Å². The number of furan rings is 1. The van der Waals surface area contributed by atoms with Crippen molar-refractivity contribution in [2.45, 2.75) is 0 Å². The van der Waals surface area contributed by atoms with Crippen molar-refractivity contribution in [2.24, 2.45) is 0 Å². The summed E-state index contributed by atoms with van der Waals surface area (Å²) in [5.41, 5.74) is 9.72. The largest absolute Gasteiger partial charge is 0.455 e. The average Bonchev–Trinajstić information content (AvgIpc) is 3.58. The van der Waals surface area contributed by atoms with Crippen LogP contribution < -0.4 is 4.90 Å². The van der Waals surface area contributed by atoms with Crippen LogP contribution in [-0.4, -0.2) is 0 Å². The van der Waals surface area contributed by atoms with Crippen LogP contribution in [0.4, 0.5) is 17.1 Å². The first-order valence-corrected chi connectivity index (χ1v) is 17.1. The molecule has 0 fully saturated rings. The molecule has 0 aliphatic heterocycles. The van der Waals surface area contributed by atoms with Crippen LogP contribution in [0.1, 0.15) is 0 Å². The van der Waals surface area contributed by atoms with Crippen LogP contribution in [0.5, 0.6) is 0 Å². The van der Waals surface area contributed by atoms with Crippen molar-refractivity contribution in [3.8, 4) is 22.3 Å². The highest BCUT2D eigenvalue weighted by atomic mass is 16.3. The van der Waals surface area contributed by atoms with E-state index >= 15 is 0 Å². The molecular weight excluding hydrogens is 607 g/mol. The van der Waals surface area contributed by atoms with Crippen molar-refractivity contribution in [3.63, 3.8) is 0 Å². The minimum absolute atomic E-state index is 0.916. The summed E-state index contributed by atoms with van der Waals surface area (Å²) in [4.78, 5) is 2.39. The van der Waals surface area contributed by atoms with Gasteiger partial charge < -0.3 is 9.32 Å². The Hall–Kier alpha value is -6.64. The Morgan fingerprint density at radius 3 is 1.72 bits per heavy atom. The molecule has 0 N–H and O–H groups in total. The standard InChI is InChI=1S/C48H31NO/c1-2-11-32(12-3-1)40-16-8-9-20-46(40)49(38-29-25-36-22-21-33-13-4-6-15-39(33)45(36)31-38)37-27-23-35(24-28-37)42-18-10-19-43-44-30-26-34-14-5-7-17-41(34)48(44)50-47(42)43/h1-31H. The van der Waals surface area contributed by atoms with Gasteiger partial charge in [-0.1, -0.05) is 152 Å². The number of nitrogens with zero attached hydrogens (tertiary/aromatic N) is 1. The predicted octanol–water partition coefficient (Wildman–Crippen LogP) is 13.8. The van der Waals surface area contributed by atoms with Gasteiger partial charge in [0.1, 0.15) is 11.2 Å². The van der Waals surface area contributed by atoms with Crippen LogP contribution in [0.25, 0.3) is 76.5 Å². The Morgan fingerprint density at radius 2 is 0.880 bits per heavy atom. The van der Waals surface area contributed by atoms with Crippen molar-refractivity contribution in [1.29, 1.82) is 0 Å². The first kappa shape index (κ1) is 28.4. The highest BCUT2D eigenvalue weighted by Crippen LogP contribution is 2.44. The van der Waals surface area contributed by atoms with Crippen molar-refractivity contribution in [2.75, 3.05) is 4.90 Å². The minimum Gasteiger partial charge on any atom is -0.455 e.